The van der Waals surface area contributed by atoms with Crippen LogP contribution in [0.1, 0.15) is 31.9 Å². The minimum Gasteiger partial charge on any atom is -0.364 e. The lowest BCUT2D eigenvalue weighted by atomic mass is 10.1. The van der Waals surface area contributed by atoms with Gasteiger partial charge < -0.3 is 10.6 Å². The van der Waals surface area contributed by atoms with E-state index in [1.165, 1.54) is 5.57 Å². The molecule has 0 atom stereocenters. The molecule has 1 aromatic heterocycles. The van der Waals surface area contributed by atoms with Gasteiger partial charge >= 0.3 is 5.69 Å². The van der Waals surface area contributed by atoms with E-state index in [2.05, 4.69) is 21.8 Å². The highest BCUT2D eigenvalue weighted by Crippen LogP contribution is 2.29. The molecule has 116 valence electrons. The second kappa shape index (κ2) is 7.21. The minimum atomic E-state index is -0.329. The molecule has 0 aliphatic carbocycles. The largest absolute Gasteiger partial charge is 0.364 e. The fourth-order valence-electron chi connectivity index (χ4n) is 2.60. The van der Waals surface area contributed by atoms with E-state index < -0.39 is 0 Å². The molecule has 0 unspecified atom stereocenters. The Kier molecular flexibility index (Phi) is 5.32. The zero-order valence-electron chi connectivity index (χ0n) is 12.7. The molecule has 0 saturated heterocycles. The van der Waals surface area contributed by atoms with Gasteiger partial charge in [-0.25, -0.2) is 4.68 Å². The van der Waals surface area contributed by atoms with Crippen molar-refractivity contribution in [3.05, 3.63) is 27.5 Å². The van der Waals surface area contributed by atoms with Gasteiger partial charge in [0.15, 0.2) is 0 Å². The zero-order chi connectivity index (χ0) is 15.2. The summed E-state index contributed by atoms with van der Waals surface area (Å²) in [6.45, 7) is 4.62. The number of nitrogens with one attached hydrogen (secondary N) is 2. The van der Waals surface area contributed by atoms with Crippen molar-refractivity contribution in [2.75, 3.05) is 25.0 Å². The van der Waals surface area contributed by atoms with E-state index in [9.17, 15) is 10.1 Å². The van der Waals surface area contributed by atoms with Crippen molar-refractivity contribution in [2.45, 2.75) is 32.6 Å². The number of nitro groups is 1. The zero-order valence-corrected chi connectivity index (χ0v) is 12.7. The van der Waals surface area contributed by atoms with Gasteiger partial charge in [0.25, 0.3) is 0 Å². The minimum absolute atomic E-state index is 0.124. The van der Waals surface area contributed by atoms with Crippen LogP contribution in [0.3, 0.4) is 0 Å². The maximum absolute atomic E-state index is 11.3. The van der Waals surface area contributed by atoms with Crippen LogP contribution in [0.2, 0.25) is 0 Å². The first-order valence-corrected chi connectivity index (χ1v) is 7.46. The third kappa shape index (κ3) is 3.81. The van der Waals surface area contributed by atoms with E-state index >= 15 is 0 Å². The molecule has 1 aromatic rings. The van der Waals surface area contributed by atoms with Gasteiger partial charge in [0.1, 0.15) is 5.69 Å². The van der Waals surface area contributed by atoms with E-state index in [1.54, 1.807) is 11.7 Å². The van der Waals surface area contributed by atoms with Gasteiger partial charge in [0, 0.05) is 20.1 Å². The summed E-state index contributed by atoms with van der Waals surface area (Å²) in [4.78, 5) is 11.0. The lowest BCUT2D eigenvalue weighted by Gasteiger charge is -2.14. The van der Waals surface area contributed by atoms with Crippen LogP contribution in [0.15, 0.2) is 11.6 Å². The molecule has 0 saturated carbocycles. The highest BCUT2D eigenvalue weighted by Gasteiger charge is 2.25. The molecule has 0 bridgehead atoms. The van der Waals surface area contributed by atoms with Crippen LogP contribution in [0.5, 0.6) is 0 Å². The van der Waals surface area contributed by atoms with Gasteiger partial charge in [-0.15, -0.1) is 0 Å². The lowest BCUT2D eigenvalue weighted by Crippen LogP contribution is -2.21. The first-order valence-electron chi connectivity index (χ1n) is 7.46. The molecular formula is C14H23N5O2. The van der Waals surface area contributed by atoms with Crippen LogP contribution < -0.4 is 10.6 Å². The Morgan fingerprint density at radius 3 is 2.95 bits per heavy atom. The highest BCUT2D eigenvalue weighted by atomic mass is 16.6. The van der Waals surface area contributed by atoms with Gasteiger partial charge in [-0.1, -0.05) is 25.0 Å². The van der Waals surface area contributed by atoms with E-state index in [1.807, 2.05) is 6.92 Å². The van der Waals surface area contributed by atoms with Gasteiger partial charge in [-0.2, -0.15) is 5.10 Å². The van der Waals surface area contributed by atoms with Gasteiger partial charge in [-0.3, -0.25) is 10.1 Å². The molecule has 1 aliphatic heterocycles. The number of hydrogen-bond acceptors (Lipinski definition) is 5. The first-order chi connectivity index (χ1) is 10.1. The molecule has 1 aliphatic rings. The number of anilines is 1. The Labute approximate surface area is 124 Å². The number of hydrogen-bond donors (Lipinski definition) is 2. The molecule has 2 heterocycles. The summed E-state index contributed by atoms with van der Waals surface area (Å²) >= 11 is 0. The van der Waals surface area contributed by atoms with Gasteiger partial charge in [0.05, 0.1) is 4.92 Å². The standard InChI is InChI=1S/C14H23N5O2/c1-3-4-12-13(19(20)21)14(18(2)17-12)16-10-7-11-5-8-15-9-6-11/h5,15-16H,3-4,6-10H2,1-2H3. The first kappa shape index (κ1) is 15.5. The highest BCUT2D eigenvalue weighted by molar-refractivity contribution is 5.59. The van der Waals surface area contributed by atoms with Crippen LogP contribution in [0.25, 0.3) is 0 Å². The topological polar surface area (TPSA) is 85.0 Å². The summed E-state index contributed by atoms with van der Waals surface area (Å²) in [5, 5.41) is 22.0. The van der Waals surface area contributed by atoms with E-state index in [-0.39, 0.29) is 10.6 Å². The molecule has 0 fully saturated rings. The Balaban J connectivity index is 2.04. The predicted octanol–water partition coefficient (Wildman–Crippen LogP) is 2.00. The molecule has 2 rings (SSSR count). The average molecular weight is 293 g/mol. The fourth-order valence-corrected chi connectivity index (χ4v) is 2.60. The maximum Gasteiger partial charge on any atom is 0.333 e. The summed E-state index contributed by atoms with van der Waals surface area (Å²) in [5.74, 6) is 0.512. The number of aryl methyl sites for hydroxylation is 2. The number of rotatable bonds is 7. The Bertz CT molecular complexity index is 536. The normalized spacial score (nSPS) is 14.9. The second-order valence-electron chi connectivity index (χ2n) is 5.27. The van der Waals surface area contributed by atoms with E-state index in [4.69, 9.17) is 0 Å². The van der Waals surface area contributed by atoms with Crippen molar-refractivity contribution >= 4 is 11.5 Å². The monoisotopic (exact) mass is 293 g/mol. The third-order valence-corrected chi connectivity index (χ3v) is 3.66. The Morgan fingerprint density at radius 1 is 1.52 bits per heavy atom. The van der Waals surface area contributed by atoms with Crippen LogP contribution in [-0.2, 0) is 13.5 Å². The summed E-state index contributed by atoms with van der Waals surface area (Å²) in [7, 11) is 1.75. The Hall–Kier alpha value is -1.89. The quantitative estimate of drug-likeness (QED) is 0.456. The fraction of sp³-hybridized carbons (Fsp3) is 0.643. The molecule has 7 heteroatoms. The van der Waals surface area contributed by atoms with Crippen molar-refractivity contribution in [2.24, 2.45) is 7.05 Å². The van der Waals surface area contributed by atoms with Gasteiger partial charge in [-0.05, 0) is 25.8 Å². The molecule has 7 nitrogen and oxygen atoms in total. The summed E-state index contributed by atoms with van der Waals surface area (Å²) in [6.07, 6.45) is 5.63. The van der Waals surface area contributed by atoms with Crippen molar-refractivity contribution in [3.63, 3.8) is 0 Å². The molecule has 0 spiro atoms. The van der Waals surface area contributed by atoms with Crippen molar-refractivity contribution in [3.8, 4) is 0 Å². The van der Waals surface area contributed by atoms with Crippen LogP contribution in [0.4, 0.5) is 11.5 Å². The summed E-state index contributed by atoms with van der Waals surface area (Å²) in [6, 6.07) is 0. The molecule has 0 amide bonds. The molecule has 2 N–H and O–H groups in total. The molecular weight excluding hydrogens is 270 g/mol. The maximum atomic E-state index is 11.3. The second-order valence-corrected chi connectivity index (χ2v) is 5.27. The van der Waals surface area contributed by atoms with Crippen molar-refractivity contribution < 1.29 is 4.92 Å². The molecule has 21 heavy (non-hydrogen) atoms. The smallest absolute Gasteiger partial charge is 0.333 e. The summed E-state index contributed by atoms with van der Waals surface area (Å²) < 4.78 is 1.58. The molecule has 0 radical (unpaired) electrons. The van der Waals surface area contributed by atoms with Gasteiger partial charge in [0.2, 0.25) is 5.82 Å². The van der Waals surface area contributed by atoms with Crippen LogP contribution in [0, 0.1) is 10.1 Å². The van der Waals surface area contributed by atoms with E-state index in [0.29, 0.717) is 24.5 Å². The van der Waals surface area contributed by atoms with Crippen molar-refractivity contribution in [1.29, 1.82) is 0 Å². The molecule has 0 aromatic carbocycles. The van der Waals surface area contributed by atoms with Crippen molar-refractivity contribution in [1.82, 2.24) is 15.1 Å². The number of aromatic nitrogens is 2. The average Bonchev–Trinajstić information content (AvgIpc) is 2.77. The third-order valence-electron chi connectivity index (χ3n) is 3.66. The Morgan fingerprint density at radius 2 is 2.33 bits per heavy atom. The lowest BCUT2D eigenvalue weighted by molar-refractivity contribution is -0.384. The predicted molar refractivity (Wildman–Crippen MR) is 82.5 cm³/mol. The SMILES string of the molecule is CCCc1nn(C)c(NCCC2=CCNCC2)c1[N+](=O)[O-]. The van der Waals surface area contributed by atoms with E-state index in [0.717, 1.165) is 32.4 Å². The van der Waals surface area contributed by atoms with Crippen LogP contribution in [-0.4, -0.2) is 34.3 Å². The van der Waals surface area contributed by atoms with Crippen LogP contribution >= 0.6 is 0 Å². The summed E-state index contributed by atoms with van der Waals surface area (Å²) in [5.41, 5.74) is 2.09. The number of nitrogens with zero attached hydrogens (tertiary/aromatic N) is 3.